The van der Waals surface area contributed by atoms with Crippen LogP contribution < -0.4 is 0 Å². The molecule has 1 nitrogen and oxygen atoms in total. The summed E-state index contributed by atoms with van der Waals surface area (Å²) in [5.74, 6) is -7.07. The van der Waals surface area contributed by atoms with Gasteiger partial charge in [-0.3, -0.25) is 0 Å². The Kier molecular flexibility index (Phi) is 18.6. The quantitative estimate of drug-likeness (QED) is 0.569. The fourth-order valence-corrected chi connectivity index (χ4v) is 0. The molecule has 0 aromatic heterocycles. The molecule has 0 amide bonds. The Bertz CT molecular complexity index is 77.8. The zero-order valence-electron chi connectivity index (χ0n) is 5.87. The molecular weight excluding hydrogens is 501 g/mol. The second-order valence-corrected chi connectivity index (χ2v) is 1.84. The Labute approximate surface area is 91.3 Å². The van der Waals surface area contributed by atoms with E-state index in [-0.39, 0.29) is 47.6 Å². The van der Waals surface area contributed by atoms with Crippen molar-refractivity contribution in [3.8, 4) is 0 Å². The summed E-state index contributed by atoms with van der Waals surface area (Å²) >= 11 is 0. The molecule has 1 N–H and O–H groups in total. The van der Waals surface area contributed by atoms with Crippen molar-refractivity contribution in [1.82, 2.24) is 0 Å². The van der Waals surface area contributed by atoms with Crippen molar-refractivity contribution >= 4 is 0 Å². The van der Waals surface area contributed by atoms with E-state index in [9.17, 15) is 13.2 Å². The molecule has 0 saturated carbocycles. The van der Waals surface area contributed by atoms with Gasteiger partial charge in [-0.25, -0.2) is 13.2 Å². The Morgan fingerprint density at radius 2 is 1.08 bits per heavy atom. The third-order valence-electron chi connectivity index (χ3n) is 0.801. The first-order valence-corrected chi connectivity index (χ1v) is 2.04. The normalized spacial score (nSPS) is 13.5. The van der Waals surface area contributed by atoms with Crippen LogP contribution in [0.4, 0.5) is 13.2 Å². The standard InChI is InChI=1S/C4H7F3O.2CH4.Rf.Y/c1-3(5,6)4(2,7)8;;;;/h8H,1-2H3;2*1H4;;. The summed E-state index contributed by atoms with van der Waals surface area (Å²) in [5, 5.41) is 7.94. The van der Waals surface area contributed by atoms with Gasteiger partial charge in [-0.1, -0.05) is 14.9 Å². The Balaban J connectivity index is -0.0000000408. The van der Waals surface area contributed by atoms with Crippen LogP contribution >= 0.6 is 0 Å². The molecule has 12 heavy (non-hydrogen) atoms. The Morgan fingerprint density at radius 1 is 1.00 bits per heavy atom. The summed E-state index contributed by atoms with van der Waals surface area (Å²) in [4.78, 5) is 0. The second-order valence-electron chi connectivity index (χ2n) is 1.84. The summed E-state index contributed by atoms with van der Waals surface area (Å²) in [7, 11) is 0. The van der Waals surface area contributed by atoms with Crippen molar-refractivity contribution in [2.24, 2.45) is 0 Å². The molecule has 6 heteroatoms. The molecule has 1 unspecified atom stereocenters. The third-order valence-corrected chi connectivity index (χ3v) is 0.801. The van der Waals surface area contributed by atoms with Crippen LogP contribution in [-0.4, -0.2) is 16.9 Å². The summed E-state index contributed by atoms with van der Waals surface area (Å²) in [6.07, 6.45) is 0. The van der Waals surface area contributed by atoms with Crippen molar-refractivity contribution in [2.75, 3.05) is 0 Å². The monoisotopic (exact) mass is 516 g/mol. The maximum atomic E-state index is 11.7. The minimum Gasteiger partial charge on any atom is -0.357 e. The first-order chi connectivity index (χ1) is 3.25. The van der Waals surface area contributed by atoms with Gasteiger partial charge < -0.3 is 5.11 Å². The van der Waals surface area contributed by atoms with Gasteiger partial charge in [0, 0.05) is 46.6 Å². The molecule has 0 heterocycles. The number of rotatable bonds is 1. The number of alkyl halides is 3. The van der Waals surface area contributed by atoms with Crippen molar-refractivity contribution in [3.63, 3.8) is 0 Å². The van der Waals surface area contributed by atoms with E-state index in [0.29, 0.717) is 13.8 Å². The van der Waals surface area contributed by atoms with Crippen molar-refractivity contribution < 1.29 is 51.0 Å². The van der Waals surface area contributed by atoms with Crippen molar-refractivity contribution in [1.29, 1.82) is 0 Å². The Morgan fingerprint density at radius 3 is 1.08 bits per heavy atom. The van der Waals surface area contributed by atoms with E-state index >= 15 is 0 Å². The first kappa shape index (κ1) is 29.7. The first-order valence-electron chi connectivity index (χ1n) is 2.04. The van der Waals surface area contributed by atoms with Crippen LogP contribution in [0.3, 0.4) is 0 Å². The third kappa shape index (κ3) is 9.85. The summed E-state index contributed by atoms with van der Waals surface area (Å²) < 4.78 is 34.9. The van der Waals surface area contributed by atoms with E-state index in [2.05, 4.69) is 0 Å². The van der Waals surface area contributed by atoms with Gasteiger partial charge >= 0.3 is 5.92 Å². The van der Waals surface area contributed by atoms with E-state index in [1.807, 2.05) is 0 Å². The molecule has 71 valence electrons. The van der Waals surface area contributed by atoms with Crippen LogP contribution in [-0.2, 0) is 32.7 Å². The van der Waals surface area contributed by atoms with Gasteiger partial charge in [0.15, 0.2) is 0 Å². The average molecular weight is 516 g/mol. The topological polar surface area (TPSA) is 20.2 Å². The fourth-order valence-electron chi connectivity index (χ4n) is 0. The fraction of sp³-hybridized carbons (Fsp3) is 1.00. The summed E-state index contributed by atoms with van der Waals surface area (Å²) in [6, 6.07) is 0. The van der Waals surface area contributed by atoms with Crippen LogP contribution in [0.1, 0.15) is 28.7 Å². The molecule has 0 aromatic rings. The van der Waals surface area contributed by atoms with Gasteiger partial charge in [0.1, 0.15) is 0 Å². The minimum absolute atomic E-state index is 0. The molecule has 0 bridgehead atoms. The van der Waals surface area contributed by atoms with Gasteiger partial charge in [-0.2, -0.15) is 0 Å². The number of halogens is 3. The molecule has 1 atom stereocenters. The maximum Gasteiger partial charge on any atom is 0.302 e. The number of hydrogen-bond acceptors (Lipinski definition) is 1. The largest absolute Gasteiger partial charge is 0.357 e. The van der Waals surface area contributed by atoms with Crippen LogP contribution in [0, 0.1) is 0 Å². The second kappa shape index (κ2) is 7.50. The SMILES string of the molecule is C.C.CC(O)(F)C(C)(F)F.[Rf].[Y]. The molecule has 0 aliphatic heterocycles. The van der Waals surface area contributed by atoms with E-state index < -0.39 is 11.8 Å². The van der Waals surface area contributed by atoms with Crippen molar-refractivity contribution in [2.45, 2.75) is 40.5 Å². The van der Waals surface area contributed by atoms with Crippen LogP contribution in [0.25, 0.3) is 0 Å². The molecular formula is C6H15F3ORfY. The smallest absolute Gasteiger partial charge is 0.302 e. The van der Waals surface area contributed by atoms with E-state index in [1.54, 1.807) is 0 Å². The number of hydrogen-bond donors (Lipinski definition) is 1. The molecule has 0 aliphatic rings. The molecule has 0 fully saturated rings. The predicted molar refractivity (Wildman–Crippen MR) is 35.8 cm³/mol. The summed E-state index contributed by atoms with van der Waals surface area (Å²) in [5.41, 5.74) is 0. The molecule has 0 spiro atoms. The minimum atomic E-state index is -3.67. The summed E-state index contributed by atoms with van der Waals surface area (Å²) in [6.45, 7) is 0.722. The molecule has 0 aliphatic carbocycles. The zero-order valence-corrected chi connectivity index (χ0v) is 15.1. The number of aliphatic hydroxyl groups is 1. The molecule has 0 saturated heterocycles. The van der Waals surface area contributed by atoms with E-state index in [0.717, 1.165) is 0 Å². The average Bonchev–Trinajstić information content (AvgIpc) is 1.25. The van der Waals surface area contributed by atoms with E-state index in [4.69, 9.17) is 5.11 Å². The van der Waals surface area contributed by atoms with Gasteiger partial charge in [-0.05, 0) is 0 Å². The Hall–Kier alpha value is -0.146. The predicted octanol–water partition coefficient (Wildman–Crippen LogP) is 2.59. The maximum absolute atomic E-state index is 11.7. The van der Waals surface area contributed by atoms with Crippen LogP contribution in [0.5, 0.6) is 0 Å². The van der Waals surface area contributed by atoms with Crippen molar-refractivity contribution in [3.05, 3.63) is 0 Å². The molecule has 1 radical (unpaired) electrons. The van der Waals surface area contributed by atoms with E-state index in [1.165, 1.54) is 0 Å². The zero-order chi connectivity index (χ0) is 7.00. The van der Waals surface area contributed by atoms with Crippen LogP contribution in [0.2, 0.25) is 0 Å². The van der Waals surface area contributed by atoms with Gasteiger partial charge in [-0.15, -0.1) is 0 Å². The van der Waals surface area contributed by atoms with Gasteiger partial charge in [0.05, 0.1) is 0 Å². The van der Waals surface area contributed by atoms with Gasteiger partial charge in [0.25, 0.3) is 5.85 Å². The molecule has 0 rings (SSSR count). The van der Waals surface area contributed by atoms with Gasteiger partial charge in [0.2, 0.25) is 0 Å². The van der Waals surface area contributed by atoms with Crippen LogP contribution in [0.15, 0.2) is 0 Å². The molecule has 0 aromatic carbocycles.